The first-order valence-corrected chi connectivity index (χ1v) is 6.32. The van der Waals surface area contributed by atoms with Gasteiger partial charge in [0.15, 0.2) is 11.5 Å². The van der Waals surface area contributed by atoms with Gasteiger partial charge in [0.2, 0.25) is 0 Å². The van der Waals surface area contributed by atoms with Crippen molar-refractivity contribution in [3.63, 3.8) is 0 Å². The molecule has 1 aliphatic rings. The van der Waals surface area contributed by atoms with Gasteiger partial charge in [-0.15, -0.1) is 0 Å². The summed E-state index contributed by atoms with van der Waals surface area (Å²) in [6, 6.07) is 3.63. The van der Waals surface area contributed by atoms with Crippen LogP contribution in [-0.4, -0.2) is 13.2 Å². The average molecular weight is 256 g/mol. The quantitative estimate of drug-likeness (QED) is 0.883. The SMILES string of the molecule is CC(C)C(N)c1cc2c(cc1Cl)OCCCO2. The second-order valence-corrected chi connectivity index (χ2v) is 5.05. The fourth-order valence-electron chi connectivity index (χ4n) is 1.81. The zero-order chi connectivity index (χ0) is 12.4. The van der Waals surface area contributed by atoms with E-state index >= 15 is 0 Å². The normalized spacial score (nSPS) is 16.8. The molecule has 0 fully saturated rings. The van der Waals surface area contributed by atoms with Crippen molar-refractivity contribution in [3.05, 3.63) is 22.7 Å². The molecule has 0 saturated carbocycles. The predicted molar refractivity (Wildman–Crippen MR) is 68.8 cm³/mol. The first-order chi connectivity index (χ1) is 8.09. The van der Waals surface area contributed by atoms with Crippen molar-refractivity contribution >= 4 is 11.6 Å². The Morgan fingerprint density at radius 2 is 1.76 bits per heavy atom. The minimum Gasteiger partial charge on any atom is -0.490 e. The van der Waals surface area contributed by atoms with Crippen molar-refractivity contribution in [2.45, 2.75) is 26.3 Å². The molecule has 0 radical (unpaired) electrons. The van der Waals surface area contributed by atoms with Crippen molar-refractivity contribution in [2.75, 3.05) is 13.2 Å². The summed E-state index contributed by atoms with van der Waals surface area (Å²) >= 11 is 6.24. The highest BCUT2D eigenvalue weighted by molar-refractivity contribution is 6.31. The maximum atomic E-state index is 6.24. The van der Waals surface area contributed by atoms with Crippen LogP contribution in [0.5, 0.6) is 11.5 Å². The predicted octanol–water partition coefficient (Wildman–Crippen LogP) is 3.16. The number of hydrogen-bond acceptors (Lipinski definition) is 3. The molecule has 17 heavy (non-hydrogen) atoms. The maximum absolute atomic E-state index is 6.24. The first-order valence-electron chi connectivity index (χ1n) is 5.94. The van der Waals surface area contributed by atoms with Crippen LogP contribution in [0.3, 0.4) is 0 Å². The molecule has 1 aromatic rings. The molecule has 1 aromatic carbocycles. The summed E-state index contributed by atoms with van der Waals surface area (Å²) in [7, 11) is 0. The first kappa shape index (κ1) is 12.5. The van der Waals surface area contributed by atoms with E-state index in [2.05, 4.69) is 13.8 Å². The molecule has 0 aliphatic carbocycles. The Hall–Kier alpha value is -0.930. The third-order valence-corrected chi connectivity index (χ3v) is 3.27. The largest absolute Gasteiger partial charge is 0.490 e. The number of rotatable bonds is 2. The molecule has 4 heteroatoms. The third kappa shape index (κ3) is 2.67. The van der Waals surface area contributed by atoms with Crippen LogP contribution in [0.4, 0.5) is 0 Å². The molecule has 2 N–H and O–H groups in total. The van der Waals surface area contributed by atoms with E-state index < -0.39 is 0 Å². The van der Waals surface area contributed by atoms with Gasteiger partial charge in [-0.3, -0.25) is 0 Å². The highest BCUT2D eigenvalue weighted by Crippen LogP contribution is 2.38. The van der Waals surface area contributed by atoms with Crippen molar-refractivity contribution in [1.82, 2.24) is 0 Å². The van der Waals surface area contributed by atoms with E-state index in [1.165, 1.54) is 0 Å². The fraction of sp³-hybridized carbons (Fsp3) is 0.538. The lowest BCUT2D eigenvalue weighted by Crippen LogP contribution is -2.17. The molecule has 0 aromatic heterocycles. The molecule has 94 valence electrons. The number of nitrogens with two attached hydrogens (primary N) is 1. The highest BCUT2D eigenvalue weighted by Gasteiger charge is 2.19. The van der Waals surface area contributed by atoms with Gasteiger partial charge in [-0.2, -0.15) is 0 Å². The van der Waals surface area contributed by atoms with E-state index in [-0.39, 0.29) is 6.04 Å². The van der Waals surface area contributed by atoms with Crippen LogP contribution in [0.15, 0.2) is 12.1 Å². The van der Waals surface area contributed by atoms with Crippen molar-refractivity contribution < 1.29 is 9.47 Å². The van der Waals surface area contributed by atoms with Crippen LogP contribution in [0.25, 0.3) is 0 Å². The lowest BCUT2D eigenvalue weighted by molar-refractivity contribution is 0.297. The summed E-state index contributed by atoms with van der Waals surface area (Å²) in [4.78, 5) is 0. The summed E-state index contributed by atoms with van der Waals surface area (Å²) in [5, 5.41) is 0.649. The Labute approximate surface area is 107 Å². The Bertz CT molecular complexity index is 407. The lowest BCUT2D eigenvalue weighted by Gasteiger charge is -2.19. The van der Waals surface area contributed by atoms with Crippen molar-refractivity contribution in [3.8, 4) is 11.5 Å². The van der Waals surface area contributed by atoms with Crippen LogP contribution >= 0.6 is 11.6 Å². The second-order valence-electron chi connectivity index (χ2n) is 4.64. The smallest absolute Gasteiger partial charge is 0.162 e. The number of benzene rings is 1. The number of halogens is 1. The van der Waals surface area contributed by atoms with Crippen LogP contribution < -0.4 is 15.2 Å². The van der Waals surface area contributed by atoms with Gasteiger partial charge in [0.1, 0.15) is 0 Å². The van der Waals surface area contributed by atoms with E-state index in [0.29, 0.717) is 29.9 Å². The third-order valence-electron chi connectivity index (χ3n) is 2.94. The van der Waals surface area contributed by atoms with Crippen molar-refractivity contribution in [1.29, 1.82) is 0 Å². The van der Waals surface area contributed by atoms with Gasteiger partial charge in [0.05, 0.1) is 13.2 Å². The molecule has 0 spiro atoms. The molecule has 1 heterocycles. The Balaban J connectivity index is 2.38. The number of ether oxygens (including phenoxy) is 2. The molecule has 2 rings (SSSR count). The fourth-order valence-corrected chi connectivity index (χ4v) is 2.09. The Morgan fingerprint density at radius 3 is 2.35 bits per heavy atom. The Morgan fingerprint density at radius 1 is 1.18 bits per heavy atom. The number of fused-ring (bicyclic) bond motifs is 1. The molecule has 1 atom stereocenters. The summed E-state index contributed by atoms with van der Waals surface area (Å²) in [5.41, 5.74) is 7.05. The van der Waals surface area contributed by atoms with Crippen LogP contribution in [-0.2, 0) is 0 Å². The molecular formula is C13H18ClNO2. The lowest BCUT2D eigenvalue weighted by atomic mass is 9.96. The maximum Gasteiger partial charge on any atom is 0.162 e. The number of hydrogen-bond donors (Lipinski definition) is 1. The summed E-state index contributed by atoms with van der Waals surface area (Å²) in [6.45, 7) is 5.48. The summed E-state index contributed by atoms with van der Waals surface area (Å²) < 4.78 is 11.2. The minimum atomic E-state index is -0.0837. The monoisotopic (exact) mass is 255 g/mol. The summed E-state index contributed by atoms with van der Waals surface area (Å²) in [6.07, 6.45) is 0.887. The van der Waals surface area contributed by atoms with Gasteiger partial charge in [0.25, 0.3) is 0 Å². The van der Waals surface area contributed by atoms with Gasteiger partial charge >= 0.3 is 0 Å². The molecule has 1 unspecified atom stereocenters. The van der Waals surface area contributed by atoms with E-state index in [0.717, 1.165) is 17.7 Å². The van der Waals surface area contributed by atoms with Crippen LogP contribution in [0, 0.1) is 5.92 Å². The van der Waals surface area contributed by atoms with Gasteiger partial charge in [-0.25, -0.2) is 0 Å². The molecule has 1 aliphatic heterocycles. The standard InChI is InChI=1S/C13H18ClNO2/c1-8(2)13(15)9-6-11-12(7-10(9)14)17-5-3-4-16-11/h6-8,13H,3-5,15H2,1-2H3. The zero-order valence-corrected chi connectivity index (χ0v) is 11.0. The molecular weight excluding hydrogens is 238 g/mol. The molecule has 0 bridgehead atoms. The van der Waals surface area contributed by atoms with Crippen molar-refractivity contribution in [2.24, 2.45) is 11.7 Å². The molecule has 0 amide bonds. The van der Waals surface area contributed by atoms with E-state index in [1.54, 1.807) is 6.07 Å². The topological polar surface area (TPSA) is 44.5 Å². The Kier molecular flexibility index (Phi) is 3.79. The van der Waals surface area contributed by atoms with Gasteiger partial charge in [-0.05, 0) is 17.5 Å². The second kappa shape index (κ2) is 5.15. The van der Waals surface area contributed by atoms with Gasteiger partial charge in [-0.1, -0.05) is 25.4 Å². The van der Waals surface area contributed by atoms with Gasteiger partial charge in [0, 0.05) is 23.6 Å². The van der Waals surface area contributed by atoms with Crippen LogP contribution in [0.2, 0.25) is 5.02 Å². The molecule has 0 saturated heterocycles. The summed E-state index contributed by atoms with van der Waals surface area (Å²) in [5.74, 6) is 1.79. The highest BCUT2D eigenvalue weighted by atomic mass is 35.5. The average Bonchev–Trinajstić information content (AvgIpc) is 2.51. The molecule has 3 nitrogen and oxygen atoms in total. The van der Waals surface area contributed by atoms with E-state index in [1.807, 2.05) is 6.07 Å². The van der Waals surface area contributed by atoms with E-state index in [4.69, 9.17) is 26.8 Å². The van der Waals surface area contributed by atoms with E-state index in [9.17, 15) is 0 Å². The zero-order valence-electron chi connectivity index (χ0n) is 10.2. The minimum absolute atomic E-state index is 0.0837. The van der Waals surface area contributed by atoms with Gasteiger partial charge < -0.3 is 15.2 Å². The van der Waals surface area contributed by atoms with Crippen LogP contribution in [0.1, 0.15) is 31.9 Å².